The van der Waals surface area contributed by atoms with Gasteiger partial charge >= 0.3 is 11.9 Å². The Labute approximate surface area is 157 Å². The fourth-order valence-electron chi connectivity index (χ4n) is 8.70. The van der Waals surface area contributed by atoms with Gasteiger partial charge in [0.1, 0.15) is 18.0 Å². The summed E-state index contributed by atoms with van der Waals surface area (Å²) in [6, 6.07) is 0. The van der Waals surface area contributed by atoms with Crippen molar-refractivity contribution in [1.82, 2.24) is 0 Å². The molecule has 5 fully saturated rings. The largest absolute Gasteiger partial charge is 0.496 e. The summed E-state index contributed by atoms with van der Waals surface area (Å²) in [5.41, 5.74) is -2.64. The van der Waals surface area contributed by atoms with Gasteiger partial charge in [-0.15, -0.1) is 0 Å². The van der Waals surface area contributed by atoms with Crippen LogP contribution in [0.5, 0.6) is 0 Å². The number of methoxy groups -OCH3 is 1. The van der Waals surface area contributed by atoms with Crippen LogP contribution < -0.4 is 0 Å². The highest BCUT2D eigenvalue weighted by atomic mass is 16.6. The number of esters is 2. The van der Waals surface area contributed by atoms with Gasteiger partial charge in [0.25, 0.3) is 0 Å². The third-order valence-corrected chi connectivity index (χ3v) is 9.56. The number of hydrogen-bond donors (Lipinski definition) is 0. The molecule has 1 saturated heterocycles. The summed E-state index contributed by atoms with van der Waals surface area (Å²) >= 11 is 0. The molecule has 0 aromatic rings. The summed E-state index contributed by atoms with van der Waals surface area (Å²) in [6.07, 6.45) is 5.85. The zero-order valence-electron chi connectivity index (χ0n) is 15.8. The highest BCUT2D eigenvalue weighted by Gasteiger charge is 2.91. The number of hydrogen-bond acceptors (Lipinski definition) is 6. The minimum absolute atomic E-state index is 0.00479. The molecule has 0 N–H and O–H groups in total. The maximum atomic E-state index is 13.9. The summed E-state index contributed by atoms with van der Waals surface area (Å²) in [5, 5.41) is 0. The minimum Gasteiger partial charge on any atom is -0.496 e. The second kappa shape index (κ2) is 4.26. The molecular formula is C21H24O6. The van der Waals surface area contributed by atoms with Gasteiger partial charge in [0.05, 0.1) is 41.5 Å². The van der Waals surface area contributed by atoms with Gasteiger partial charge in [0.15, 0.2) is 0 Å². The molecule has 0 aromatic carbocycles. The molecule has 0 radical (unpaired) electrons. The lowest BCUT2D eigenvalue weighted by Gasteiger charge is -2.69. The Morgan fingerprint density at radius 3 is 2.78 bits per heavy atom. The number of ether oxygens (including phenoxy) is 3. The molecule has 2 spiro atoms. The van der Waals surface area contributed by atoms with E-state index in [1.54, 1.807) is 13.2 Å². The van der Waals surface area contributed by atoms with E-state index in [0.29, 0.717) is 12.8 Å². The molecule has 4 aliphatic carbocycles. The first-order valence-electron chi connectivity index (χ1n) is 9.96. The van der Waals surface area contributed by atoms with Gasteiger partial charge in [-0.05, 0) is 38.2 Å². The molecule has 6 rings (SSSR count). The number of rotatable bonds is 1. The number of ketones is 1. The van der Waals surface area contributed by atoms with E-state index in [2.05, 4.69) is 6.92 Å². The lowest BCUT2D eigenvalue weighted by atomic mass is 9.31. The van der Waals surface area contributed by atoms with Crippen LogP contribution in [-0.4, -0.2) is 37.0 Å². The first kappa shape index (κ1) is 16.1. The maximum absolute atomic E-state index is 13.9. The molecule has 1 unspecified atom stereocenters. The Morgan fingerprint density at radius 2 is 2.04 bits per heavy atom. The van der Waals surface area contributed by atoms with E-state index in [-0.39, 0.29) is 46.6 Å². The first-order chi connectivity index (χ1) is 12.8. The number of Topliss-reactive ketones (excluding diaryl/α,β-unsaturated/α-hetero) is 1. The van der Waals surface area contributed by atoms with E-state index in [1.165, 1.54) is 7.11 Å². The van der Waals surface area contributed by atoms with Crippen LogP contribution in [0.25, 0.3) is 0 Å². The van der Waals surface area contributed by atoms with Gasteiger partial charge in [0.2, 0.25) is 0 Å². The zero-order valence-corrected chi connectivity index (χ0v) is 15.8. The SMILES string of the molecule is COC(=O)[C@]1(C)CCC[C@]23C(=O)O[C@@H]4C[C@H]2[C@]2(C)[C@H](C(=O)[C@@H]31)C1OC=C[C@@]142. The van der Waals surface area contributed by atoms with E-state index < -0.39 is 22.7 Å². The molecule has 4 saturated carbocycles. The molecule has 0 aromatic heterocycles. The summed E-state index contributed by atoms with van der Waals surface area (Å²) < 4.78 is 17.0. The van der Waals surface area contributed by atoms with E-state index in [1.807, 2.05) is 6.08 Å². The predicted molar refractivity (Wildman–Crippen MR) is 90.9 cm³/mol. The minimum atomic E-state index is -0.996. The van der Waals surface area contributed by atoms with Gasteiger partial charge in [-0.25, -0.2) is 0 Å². The van der Waals surface area contributed by atoms with Crippen LogP contribution in [0.4, 0.5) is 0 Å². The van der Waals surface area contributed by atoms with Gasteiger partial charge in [-0.3, -0.25) is 14.4 Å². The van der Waals surface area contributed by atoms with Crippen LogP contribution in [-0.2, 0) is 28.6 Å². The molecule has 2 heterocycles. The maximum Gasteiger partial charge on any atom is 0.313 e. The van der Waals surface area contributed by atoms with Crippen LogP contribution in [0.2, 0.25) is 0 Å². The Morgan fingerprint density at radius 1 is 1.26 bits per heavy atom. The summed E-state index contributed by atoms with van der Waals surface area (Å²) in [7, 11) is 1.36. The number of carbonyl (C=O) groups is 3. The Balaban J connectivity index is 1.62. The molecule has 2 aliphatic heterocycles. The van der Waals surface area contributed by atoms with Crippen molar-refractivity contribution in [2.45, 2.75) is 51.7 Å². The standard InChI is InChI=1S/C21H24O6/c1-18(16(23)25-3)5-4-6-20-10-9-11(27-17(20)24)21-7-8-26-15(21)12(19(10,21)2)13(22)14(18)20/h7-8,10-12,14-15H,4-6,9H2,1-3H3/t10-,11+,12+,14+,15?,18+,19+,20-,21-/m0/s1. The topological polar surface area (TPSA) is 78.9 Å². The molecular weight excluding hydrogens is 348 g/mol. The Kier molecular flexibility index (Phi) is 2.54. The average Bonchev–Trinajstić information content (AvgIpc) is 3.12. The fraction of sp³-hybridized carbons (Fsp3) is 0.762. The second-order valence-corrected chi connectivity index (χ2v) is 9.87. The van der Waals surface area contributed by atoms with E-state index in [0.717, 1.165) is 12.8 Å². The van der Waals surface area contributed by atoms with E-state index >= 15 is 0 Å². The van der Waals surface area contributed by atoms with Gasteiger partial charge in [0, 0.05) is 5.41 Å². The van der Waals surface area contributed by atoms with Gasteiger partial charge < -0.3 is 14.2 Å². The van der Waals surface area contributed by atoms with Gasteiger partial charge in [-0.1, -0.05) is 13.3 Å². The molecule has 2 bridgehead atoms. The monoisotopic (exact) mass is 372 g/mol. The fourth-order valence-corrected chi connectivity index (χ4v) is 8.70. The lowest BCUT2D eigenvalue weighted by Crippen LogP contribution is -2.77. The molecule has 9 atom stereocenters. The van der Waals surface area contributed by atoms with E-state index in [4.69, 9.17) is 14.2 Å². The smallest absolute Gasteiger partial charge is 0.313 e. The van der Waals surface area contributed by atoms with Gasteiger partial charge in [-0.2, -0.15) is 0 Å². The molecule has 0 amide bonds. The zero-order chi connectivity index (χ0) is 19.0. The van der Waals surface area contributed by atoms with Crippen molar-refractivity contribution < 1.29 is 28.6 Å². The Hall–Kier alpha value is -1.85. The highest BCUT2D eigenvalue weighted by molar-refractivity contribution is 6.00. The van der Waals surface area contributed by atoms with Crippen molar-refractivity contribution in [3.05, 3.63) is 12.3 Å². The normalized spacial score (nSPS) is 58.6. The van der Waals surface area contributed by atoms with Crippen LogP contribution in [0.3, 0.4) is 0 Å². The Bertz CT molecular complexity index is 848. The molecule has 6 heteroatoms. The molecule has 144 valence electrons. The number of carbonyl (C=O) groups excluding carboxylic acids is 3. The van der Waals surface area contributed by atoms with Crippen molar-refractivity contribution >= 4 is 17.7 Å². The molecule has 6 nitrogen and oxygen atoms in total. The van der Waals surface area contributed by atoms with Crippen molar-refractivity contribution in [3.63, 3.8) is 0 Å². The third kappa shape index (κ3) is 1.23. The summed E-state index contributed by atoms with van der Waals surface area (Å²) in [4.78, 5) is 40.2. The second-order valence-electron chi connectivity index (χ2n) is 9.87. The van der Waals surface area contributed by atoms with Crippen LogP contribution >= 0.6 is 0 Å². The van der Waals surface area contributed by atoms with Crippen molar-refractivity contribution in [3.8, 4) is 0 Å². The highest BCUT2D eigenvalue weighted by Crippen LogP contribution is 2.84. The number of fused-ring (bicyclic) bond motifs is 2. The quantitative estimate of drug-likeness (QED) is 0.655. The van der Waals surface area contributed by atoms with Crippen LogP contribution in [0.15, 0.2) is 12.3 Å². The average molecular weight is 372 g/mol. The molecule has 27 heavy (non-hydrogen) atoms. The van der Waals surface area contributed by atoms with Crippen LogP contribution in [0, 0.1) is 39.4 Å². The van der Waals surface area contributed by atoms with Crippen molar-refractivity contribution in [2.75, 3.05) is 7.11 Å². The molecule has 6 aliphatic rings. The van der Waals surface area contributed by atoms with Crippen molar-refractivity contribution in [2.24, 2.45) is 39.4 Å². The summed E-state index contributed by atoms with van der Waals surface area (Å²) in [5.74, 6) is -1.62. The summed E-state index contributed by atoms with van der Waals surface area (Å²) in [6.45, 7) is 3.96. The lowest BCUT2D eigenvalue weighted by molar-refractivity contribution is -0.248. The predicted octanol–water partition coefficient (Wildman–Crippen LogP) is 2.02. The van der Waals surface area contributed by atoms with Crippen LogP contribution in [0.1, 0.15) is 39.5 Å². The first-order valence-corrected chi connectivity index (χ1v) is 9.96. The van der Waals surface area contributed by atoms with E-state index in [9.17, 15) is 14.4 Å². The van der Waals surface area contributed by atoms with Crippen molar-refractivity contribution in [1.29, 1.82) is 0 Å². The third-order valence-electron chi connectivity index (χ3n) is 9.56.